The van der Waals surface area contributed by atoms with Crippen LogP contribution in [0.2, 0.25) is 0 Å². The number of aliphatic imine (C=N–C) groups is 1. The first-order valence-electron chi connectivity index (χ1n) is 9.98. The van der Waals surface area contributed by atoms with Gasteiger partial charge in [0.2, 0.25) is 0 Å². The number of aliphatic carboxylic acids is 1. The van der Waals surface area contributed by atoms with Crippen molar-refractivity contribution in [3.05, 3.63) is 29.8 Å². The molecule has 0 unspecified atom stereocenters. The van der Waals surface area contributed by atoms with Crippen LogP contribution in [0.15, 0.2) is 29.3 Å². The summed E-state index contributed by atoms with van der Waals surface area (Å²) in [7, 11) is 3.54. The lowest BCUT2D eigenvalue weighted by molar-refractivity contribution is -0.192. The molecule has 3 atom stereocenters. The van der Waals surface area contributed by atoms with E-state index in [0.717, 1.165) is 44.1 Å². The number of hydrogen-bond donors (Lipinski definition) is 1. The van der Waals surface area contributed by atoms with Gasteiger partial charge in [-0.15, -0.1) is 0 Å². The summed E-state index contributed by atoms with van der Waals surface area (Å²) in [6.45, 7) is 4.92. The summed E-state index contributed by atoms with van der Waals surface area (Å²) in [5.41, 5.74) is 0.817. The number of fused-ring (bicyclic) bond motifs is 2. The van der Waals surface area contributed by atoms with Gasteiger partial charge in [-0.05, 0) is 43.4 Å². The van der Waals surface area contributed by atoms with Gasteiger partial charge >= 0.3 is 12.1 Å². The highest BCUT2D eigenvalue weighted by atomic mass is 19.4. The molecule has 7 nitrogen and oxygen atoms in total. The topological polar surface area (TPSA) is 82.4 Å². The van der Waals surface area contributed by atoms with Crippen LogP contribution in [-0.2, 0) is 16.1 Å². The number of halogens is 3. The molecule has 10 heteroatoms. The molecule has 1 spiro atoms. The molecular weight excluding hydrogens is 415 g/mol. The van der Waals surface area contributed by atoms with Gasteiger partial charge in [0.1, 0.15) is 17.1 Å². The maximum atomic E-state index is 12.8. The third kappa shape index (κ3) is 4.53. The smallest absolute Gasteiger partial charge is 0.490 e. The molecule has 2 heterocycles. The highest BCUT2D eigenvalue weighted by Gasteiger charge is 2.59. The summed E-state index contributed by atoms with van der Waals surface area (Å²) >= 11 is 0. The second kappa shape index (κ2) is 8.49. The lowest BCUT2D eigenvalue weighted by Gasteiger charge is -2.27. The van der Waals surface area contributed by atoms with Crippen molar-refractivity contribution < 1.29 is 32.6 Å². The Balaban J connectivity index is 0.000000339. The zero-order chi connectivity index (χ0) is 23.0. The quantitative estimate of drug-likeness (QED) is 0.780. The first-order valence-corrected chi connectivity index (χ1v) is 9.98. The predicted molar refractivity (Wildman–Crippen MR) is 107 cm³/mol. The highest BCUT2D eigenvalue weighted by molar-refractivity contribution is 6.07. The summed E-state index contributed by atoms with van der Waals surface area (Å²) in [5.74, 6) is 0.166. The molecule has 1 amide bonds. The average molecular weight is 441 g/mol. The number of methoxy groups -OCH3 is 1. The Morgan fingerprint density at radius 2 is 1.90 bits per heavy atom. The van der Waals surface area contributed by atoms with Gasteiger partial charge in [-0.3, -0.25) is 14.7 Å². The molecule has 1 N–H and O–H groups in total. The van der Waals surface area contributed by atoms with E-state index in [1.807, 2.05) is 26.1 Å². The molecule has 0 aromatic heterocycles. The number of carbonyl (C=O) groups is 2. The highest BCUT2D eigenvalue weighted by Crippen LogP contribution is 2.50. The molecule has 1 aromatic carbocycles. The van der Waals surface area contributed by atoms with Gasteiger partial charge in [-0.1, -0.05) is 12.1 Å². The monoisotopic (exact) mass is 441 g/mol. The number of nitrogens with zero attached hydrogens (tertiary/aromatic N) is 3. The van der Waals surface area contributed by atoms with Gasteiger partial charge in [0.15, 0.2) is 0 Å². The molecular formula is C21H26F3N3O4. The van der Waals surface area contributed by atoms with E-state index >= 15 is 0 Å². The number of amidine groups is 1. The Bertz CT molecular complexity index is 872. The number of amides is 1. The summed E-state index contributed by atoms with van der Waals surface area (Å²) in [6.07, 6.45) is -3.06. The Morgan fingerprint density at radius 3 is 2.39 bits per heavy atom. The molecule has 31 heavy (non-hydrogen) atoms. The minimum Gasteiger partial charge on any atom is -0.497 e. The van der Waals surface area contributed by atoms with E-state index in [1.54, 1.807) is 12.0 Å². The fourth-order valence-corrected chi connectivity index (χ4v) is 4.76. The van der Waals surface area contributed by atoms with E-state index < -0.39 is 17.7 Å². The summed E-state index contributed by atoms with van der Waals surface area (Å²) < 4.78 is 37.0. The van der Waals surface area contributed by atoms with Crippen LogP contribution in [0.3, 0.4) is 0 Å². The van der Waals surface area contributed by atoms with Crippen LogP contribution in [0.1, 0.15) is 25.3 Å². The molecule has 1 aromatic rings. The van der Waals surface area contributed by atoms with Crippen molar-refractivity contribution in [1.82, 2.24) is 9.80 Å². The van der Waals surface area contributed by atoms with Crippen LogP contribution >= 0.6 is 0 Å². The Labute approximate surface area is 178 Å². The second-order valence-electron chi connectivity index (χ2n) is 8.20. The number of rotatable bonds is 3. The van der Waals surface area contributed by atoms with Gasteiger partial charge in [0.05, 0.1) is 7.11 Å². The van der Waals surface area contributed by atoms with E-state index in [9.17, 15) is 18.0 Å². The van der Waals surface area contributed by atoms with Crippen LogP contribution in [0.5, 0.6) is 5.75 Å². The van der Waals surface area contributed by atoms with Crippen molar-refractivity contribution in [1.29, 1.82) is 0 Å². The number of carbonyl (C=O) groups excluding carboxylic acids is 1. The third-order valence-electron chi connectivity index (χ3n) is 6.36. The molecule has 1 saturated carbocycles. The van der Waals surface area contributed by atoms with E-state index in [4.69, 9.17) is 19.6 Å². The van der Waals surface area contributed by atoms with Gasteiger partial charge in [0.25, 0.3) is 5.91 Å². The zero-order valence-electron chi connectivity index (χ0n) is 17.6. The number of carboxylic acids is 1. The normalized spacial score (nSPS) is 27.7. The van der Waals surface area contributed by atoms with E-state index in [2.05, 4.69) is 17.0 Å². The Kier molecular flexibility index (Phi) is 6.31. The Morgan fingerprint density at radius 1 is 1.29 bits per heavy atom. The van der Waals surface area contributed by atoms with Gasteiger partial charge in [-0.2, -0.15) is 13.2 Å². The molecule has 2 fully saturated rings. The van der Waals surface area contributed by atoms with Crippen LogP contribution in [0.25, 0.3) is 0 Å². The largest absolute Gasteiger partial charge is 0.497 e. The SMILES string of the molecule is COc1ccc(CN2C[C@H]3CC[C@@]4(N=C(C)N(C)C4=O)[C@H]3C2)cc1.O=C(O)C(F)(F)F. The molecule has 4 rings (SSSR count). The number of carboxylic acid groups (broad SMARTS) is 1. The molecule has 1 aliphatic carbocycles. The number of likely N-dealkylation sites (tertiary alicyclic amines) is 1. The number of ether oxygens (including phenoxy) is 1. The second-order valence-corrected chi connectivity index (χ2v) is 8.20. The molecule has 1 saturated heterocycles. The lowest BCUT2D eigenvalue weighted by Crippen LogP contribution is -2.45. The molecule has 170 valence electrons. The molecule has 2 aliphatic heterocycles. The minimum atomic E-state index is -5.08. The number of likely N-dealkylation sites (N-methyl/N-ethyl adjacent to an activating group) is 1. The maximum Gasteiger partial charge on any atom is 0.490 e. The van der Waals surface area contributed by atoms with E-state index in [0.29, 0.717) is 11.8 Å². The zero-order valence-corrected chi connectivity index (χ0v) is 17.6. The van der Waals surface area contributed by atoms with Crippen molar-refractivity contribution in [2.24, 2.45) is 16.8 Å². The van der Waals surface area contributed by atoms with Crippen molar-refractivity contribution in [2.75, 3.05) is 27.2 Å². The van der Waals surface area contributed by atoms with Crippen molar-refractivity contribution in [2.45, 2.75) is 38.0 Å². The summed E-state index contributed by atoms with van der Waals surface area (Å²) in [4.78, 5) is 30.8. The Hall–Kier alpha value is -2.62. The predicted octanol–water partition coefficient (Wildman–Crippen LogP) is 2.80. The van der Waals surface area contributed by atoms with E-state index in [1.165, 1.54) is 5.56 Å². The van der Waals surface area contributed by atoms with Crippen LogP contribution in [0.4, 0.5) is 13.2 Å². The van der Waals surface area contributed by atoms with Crippen LogP contribution in [-0.4, -0.2) is 71.6 Å². The van der Waals surface area contributed by atoms with Crippen LogP contribution < -0.4 is 4.74 Å². The van der Waals surface area contributed by atoms with Crippen molar-refractivity contribution in [3.63, 3.8) is 0 Å². The first kappa shape index (κ1) is 23.1. The number of hydrogen-bond acceptors (Lipinski definition) is 5. The minimum absolute atomic E-state index is 0.207. The first-order chi connectivity index (χ1) is 14.5. The maximum absolute atomic E-state index is 12.8. The van der Waals surface area contributed by atoms with Gasteiger partial charge in [0, 0.05) is 32.6 Å². The summed E-state index contributed by atoms with van der Waals surface area (Å²) in [6, 6.07) is 8.27. The molecule has 3 aliphatic rings. The fourth-order valence-electron chi connectivity index (χ4n) is 4.76. The molecule has 0 radical (unpaired) electrons. The number of benzene rings is 1. The summed E-state index contributed by atoms with van der Waals surface area (Å²) in [5, 5.41) is 7.12. The number of alkyl halides is 3. The standard InChI is InChI=1S/C19H25N3O2.C2HF3O2/c1-13-20-19(18(23)21(13)2)9-8-15-11-22(12-17(15)19)10-14-4-6-16(24-3)7-5-14;3-2(4,5)1(6)7/h4-7,15,17H,8-12H2,1-3H3;(H,6,7)/t15-,17+,19-;/m1./s1. The fraction of sp³-hybridized carbons (Fsp3) is 0.571. The van der Waals surface area contributed by atoms with Gasteiger partial charge < -0.3 is 14.7 Å². The average Bonchev–Trinajstić information content (AvgIpc) is 3.33. The molecule has 0 bridgehead atoms. The van der Waals surface area contributed by atoms with Gasteiger partial charge in [-0.25, -0.2) is 4.79 Å². The lowest BCUT2D eigenvalue weighted by atomic mass is 9.85. The third-order valence-corrected chi connectivity index (χ3v) is 6.36. The van der Waals surface area contributed by atoms with Crippen LogP contribution in [0, 0.1) is 11.8 Å². The van der Waals surface area contributed by atoms with Crippen molar-refractivity contribution in [3.8, 4) is 5.75 Å². The van der Waals surface area contributed by atoms with Crippen molar-refractivity contribution >= 4 is 17.7 Å². The van der Waals surface area contributed by atoms with E-state index in [-0.39, 0.29) is 5.91 Å².